The number of thiocarbonyl (C=S) groups is 1. The van der Waals surface area contributed by atoms with E-state index in [4.69, 9.17) is 5.73 Å². The zero-order valence-corrected chi connectivity index (χ0v) is 13.2. The summed E-state index contributed by atoms with van der Waals surface area (Å²) < 4.78 is 39.3. The summed E-state index contributed by atoms with van der Waals surface area (Å²) in [6, 6.07) is 4.00. The number of thioether (sulfide) groups is 1. The Hall–Kier alpha value is -0.950. The van der Waals surface area contributed by atoms with E-state index in [-0.39, 0.29) is 15.3 Å². The maximum absolute atomic E-state index is 13.1. The van der Waals surface area contributed by atoms with E-state index in [9.17, 15) is 13.2 Å². The number of benzene rings is 1. The maximum atomic E-state index is 13.1. The molecule has 1 aliphatic rings. The second kappa shape index (κ2) is 6.04. The predicted octanol–water partition coefficient (Wildman–Crippen LogP) is 4.04. The van der Waals surface area contributed by atoms with Gasteiger partial charge in [0.25, 0.3) is 0 Å². The Morgan fingerprint density at radius 1 is 1.48 bits per heavy atom. The van der Waals surface area contributed by atoms with Crippen molar-refractivity contribution in [2.45, 2.75) is 30.7 Å². The lowest BCUT2D eigenvalue weighted by Gasteiger charge is -2.24. The van der Waals surface area contributed by atoms with Crippen LogP contribution < -0.4 is 11.1 Å². The quantitative estimate of drug-likeness (QED) is 0.815. The topological polar surface area (TPSA) is 38.0 Å². The zero-order valence-electron chi connectivity index (χ0n) is 11.6. The van der Waals surface area contributed by atoms with Crippen molar-refractivity contribution >= 4 is 34.7 Å². The lowest BCUT2D eigenvalue weighted by molar-refractivity contribution is -0.137. The molecular weight excluding hydrogens is 317 g/mol. The van der Waals surface area contributed by atoms with Crippen molar-refractivity contribution in [2.75, 3.05) is 17.6 Å². The molecule has 0 aliphatic carbocycles. The number of rotatable bonds is 4. The predicted molar refractivity (Wildman–Crippen MR) is 85.9 cm³/mol. The van der Waals surface area contributed by atoms with Crippen LogP contribution in [0.3, 0.4) is 0 Å². The van der Waals surface area contributed by atoms with Gasteiger partial charge in [0.2, 0.25) is 0 Å². The molecule has 0 aromatic heterocycles. The van der Waals surface area contributed by atoms with Gasteiger partial charge in [-0.25, -0.2) is 0 Å². The molecule has 1 aromatic carbocycles. The Kier molecular flexibility index (Phi) is 4.72. The Morgan fingerprint density at radius 2 is 2.19 bits per heavy atom. The average Bonchev–Trinajstić information content (AvgIpc) is 2.82. The van der Waals surface area contributed by atoms with Gasteiger partial charge in [0.1, 0.15) is 4.99 Å². The summed E-state index contributed by atoms with van der Waals surface area (Å²) >= 11 is 6.54. The van der Waals surface area contributed by atoms with Crippen molar-refractivity contribution < 1.29 is 13.2 Å². The molecule has 1 unspecified atom stereocenters. The van der Waals surface area contributed by atoms with Gasteiger partial charge in [-0.1, -0.05) is 12.2 Å². The Balaban J connectivity index is 2.19. The van der Waals surface area contributed by atoms with E-state index >= 15 is 0 Å². The summed E-state index contributed by atoms with van der Waals surface area (Å²) in [7, 11) is 0. The minimum atomic E-state index is -4.47. The SMILES string of the molecule is CC1(CNc2ccc(C(N)=S)c(C(F)(F)F)c2)CCCS1. The highest BCUT2D eigenvalue weighted by atomic mass is 32.2. The van der Waals surface area contributed by atoms with E-state index < -0.39 is 11.7 Å². The largest absolute Gasteiger partial charge is 0.417 e. The van der Waals surface area contributed by atoms with Crippen molar-refractivity contribution in [3.63, 3.8) is 0 Å². The van der Waals surface area contributed by atoms with Gasteiger partial charge in [-0.15, -0.1) is 0 Å². The highest BCUT2D eigenvalue weighted by Gasteiger charge is 2.34. The third kappa shape index (κ3) is 4.03. The van der Waals surface area contributed by atoms with E-state index in [1.165, 1.54) is 6.07 Å². The van der Waals surface area contributed by atoms with Crippen LogP contribution in [0, 0.1) is 0 Å². The first-order valence-corrected chi connectivity index (χ1v) is 8.00. The van der Waals surface area contributed by atoms with Crippen LogP contribution in [0.4, 0.5) is 18.9 Å². The van der Waals surface area contributed by atoms with Crippen molar-refractivity contribution in [1.29, 1.82) is 0 Å². The standard InChI is InChI=1S/C14H17F3N2S2/c1-13(5-2-6-21-13)8-19-9-3-4-10(12(18)20)11(7-9)14(15,16)17/h3-4,7,19H,2,5-6,8H2,1H3,(H2,18,20). The number of hydrogen-bond donors (Lipinski definition) is 2. The molecule has 1 aliphatic heterocycles. The summed E-state index contributed by atoms with van der Waals surface area (Å²) in [5.74, 6) is 1.10. The third-order valence-electron chi connectivity index (χ3n) is 3.56. The Morgan fingerprint density at radius 3 is 2.71 bits per heavy atom. The van der Waals surface area contributed by atoms with Gasteiger partial charge in [-0.2, -0.15) is 24.9 Å². The van der Waals surface area contributed by atoms with Crippen LogP contribution in [0.1, 0.15) is 30.9 Å². The van der Waals surface area contributed by atoms with Crippen LogP contribution in [0.25, 0.3) is 0 Å². The minimum absolute atomic E-state index is 0.0836. The molecule has 1 heterocycles. The van der Waals surface area contributed by atoms with Crippen LogP contribution >= 0.6 is 24.0 Å². The third-order valence-corrected chi connectivity index (χ3v) is 5.32. The van der Waals surface area contributed by atoms with Crippen molar-refractivity contribution in [1.82, 2.24) is 0 Å². The number of nitrogens with two attached hydrogens (primary N) is 1. The maximum Gasteiger partial charge on any atom is 0.417 e. The molecule has 0 saturated carbocycles. The number of alkyl halides is 3. The van der Waals surface area contributed by atoms with Crippen LogP contribution in [-0.4, -0.2) is 22.0 Å². The van der Waals surface area contributed by atoms with Gasteiger partial charge in [0.15, 0.2) is 0 Å². The van der Waals surface area contributed by atoms with Gasteiger partial charge in [0, 0.05) is 22.5 Å². The second-order valence-electron chi connectivity index (χ2n) is 5.38. The molecular formula is C14H17F3N2S2. The molecule has 1 atom stereocenters. The molecule has 0 bridgehead atoms. The Bertz CT molecular complexity index is 538. The van der Waals surface area contributed by atoms with Crippen LogP contribution in [0.5, 0.6) is 0 Å². The molecule has 1 fully saturated rings. The van der Waals surface area contributed by atoms with E-state index in [1.54, 1.807) is 6.07 Å². The molecule has 116 valence electrons. The van der Waals surface area contributed by atoms with E-state index in [0.717, 1.165) is 24.7 Å². The smallest absolute Gasteiger partial charge is 0.389 e. The summed E-state index contributed by atoms with van der Waals surface area (Å²) in [5, 5.41) is 3.10. The van der Waals surface area contributed by atoms with Crippen LogP contribution in [0.2, 0.25) is 0 Å². The van der Waals surface area contributed by atoms with Gasteiger partial charge in [0.05, 0.1) is 5.56 Å². The fraction of sp³-hybridized carbons (Fsp3) is 0.500. The van der Waals surface area contributed by atoms with Crippen molar-refractivity contribution in [3.05, 3.63) is 29.3 Å². The lowest BCUT2D eigenvalue weighted by atomic mass is 10.0. The molecule has 2 rings (SSSR count). The normalized spacial score (nSPS) is 22.3. The Labute approximate surface area is 131 Å². The highest BCUT2D eigenvalue weighted by molar-refractivity contribution is 8.00. The second-order valence-corrected chi connectivity index (χ2v) is 7.50. The number of anilines is 1. The van der Waals surface area contributed by atoms with Gasteiger partial charge >= 0.3 is 6.18 Å². The number of nitrogens with one attached hydrogen (secondary N) is 1. The summed E-state index contributed by atoms with van der Waals surface area (Å²) in [6.07, 6.45) is -2.25. The first-order chi connectivity index (χ1) is 9.71. The van der Waals surface area contributed by atoms with Crippen molar-refractivity contribution in [3.8, 4) is 0 Å². The molecule has 3 N–H and O–H groups in total. The fourth-order valence-corrected chi connectivity index (χ4v) is 3.79. The lowest BCUT2D eigenvalue weighted by Crippen LogP contribution is -2.27. The van der Waals surface area contributed by atoms with Crippen LogP contribution in [0.15, 0.2) is 18.2 Å². The fourth-order valence-electron chi connectivity index (χ4n) is 2.37. The summed E-state index contributed by atoms with van der Waals surface area (Å²) in [6.45, 7) is 2.77. The summed E-state index contributed by atoms with van der Waals surface area (Å²) in [5.41, 5.74) is 4.88. The van der Waals surface area contributed by atoms with Crippen molar-refractivity contribution in [2.24, 2.45) is 5.73 Å². The molecule has 21 heavy (non-hydrogen) atoms. The van der Waals surface area contributed by atoms with Crippen LogP contribution in [-0.2, 0) is 6.18 Å². The van der Waals surface area contributed by atoms with E-state index in [1.807, 2.05) is 11.8 Å². The van der Waals surface area contributed by atoms with E-state index in [0.29, 0.717) is 12.2 Å². The zero-order chi connectivity index (χ0) is 15.7. The minimum Gasteiger partial charge on any atom is -0.389 e. The number of hydrogen-bond acceptors (Lipinski definition) is 3. The molecule has 7 heteroatoms. The molecule has 0 spiro atoms. The molecule has 2 nitrogen and oxygen atoms in total. The van der Waals surface area contributed by atoms with Gasteiger partial charge in [-0.3, -0.25) is 0 Å². The molecule has 1 saturated heterocycles. The highest BCUT2D eigenvalue weighted by Crippen LogP contribution is 2.38. The van der Waals surface area contributed by atoms with E-state index in [2.05, 4.69) is 24.5 Å². The monoisotopic (exact) mass is 334 g/mol. The van der Waals surface area contributed by atoms with Gasteiger partial charge in [-0.05, 0) is 43.7 Å². The molecule has 1 aromatic rings. The van der Waals surface area contributed by atoms with Gasteiger partial charge < -0.3 is 11.1 Å². The number of halogens is 3. The average molecular weight is 334 g/mol. The molecule has 0 radical (unpaired) electrons. The summed E-state index contributed by atoms with van der Waals surface area (Å²) in [4.78, 5) is -0.243. The molecule has 0 amide bonds. The first kappa shape index (κ1) is 16.4. The first-order valence-electron chi connectivity index (χ1n) is 6.60.